The van der Waals surface area contributed by atoms with Crippen molar-refractivity contribution in [2.75, 3.05) is 19.0 Å². The predicted molar refractivity (Wildman–Crippen MR) is 87.2 cm³/mol. The fraction of sp³-hybridized carbons (Fsp3) is 0.176. The van der Waals surface area contributed by atoms with E-state index in [4.69, 9.17) is 10.5 Å². The zero-order valence-corrected chi connectivity index (χ0v) is 12.7. The fourth-order valence-electron chi connectivity index (χ4n) is 1.59. The van der Waals surface area contributed by atoms with Gasteiger partial charge in [-0.2, -0.15) is 0 Å². The van der Waals surface area contributed by atoms with Crippen molar-refractivity contribution in [2.45, 2.75) is 6.92 Å². The number of methoxy groups -OCH3 is 1. The van der Waals surface area contributed by atoms with Gasteiger partial charge >= 0.3 is 0 Å². The Kier molecular flexibility index (Phi) is 7.36. The Morgan fingerprint density at radius 3 is 2.36 bits per heavy atom. The van der Waals surface area contributed by atoms with Gasteiger partial charge in [-0.15, -0.1) is 0 Å². The number of aryl methyl sites for hydroxylation is 1. The maximum Gasteiger partial charge on any atom is 0.238 e. The lowest BCUT2D eigenvalue weighted by Gasteiger charge is -2.04. The van der Waals surface area contributed by atoms with Gasteiger partial charge in [-0.3, -0.25) is 9.59 Å². The smallest absolute Gasteiger partial charge is 0.238 e. The molecule has 0 fully saturated rings. The first kappa shape index (κ1) is 17.4. The van der Waals surface area contributed by atoms with Crippen molar-refractivity contribution < 1.29 is 14.3 Å². The van der Waals surface area contributed by atoms with Crippen LogP contribution in [-0.4, -0.2) is 25.8 Å². The summed E-state index contributed by atoms with van der Waals surface area (Å²) in [6, 6.07) is 14.7. The van der Waals surface area contributed by atoms with Crippen molar-refractivity contribution >= 4 is 17.9 Å². The largest absolute Gasteiger partial charge is 0.497 e. The van der Waals surface area contributed by atoms with Gasteiger partial charge in [0.1, 0.15) is 5.75 Å². The molecule has 0 spiro atoms. The minimum absolute atomic E-state index is 0.0901. The molecule has 5 nitrogen and oxygen atoms in total. The second kappa shape index (κ2) is 9.31. The average molecular weight is 300 g/mol. The molecule has 2 rings (SSSR count). The molecule has 0 unspecified atom stereocenters. The van der Waals surface area contributed by atoms with Crippen molar-refractivity contribution in [1.82, 2.24) is 0 Å². The molecule has 0 atom stereocenters. The number of nitrogens with two attached hydrogens (primary N) is 1. The molecule has 2 aromatic carbocycles. The Labute approximate surface area is 130 Å². The highest BCUT2D eigenvalue weighted by Crippen LogP contribution is 2.11. The lowest BCUT2D eigenvalue weighted by molar-refractivity contribution is -0.114. The SMILES string of the molecule is COc1ccc(C)cc1.NCC(=O)Nc1ccccc1C=O. The minimum atomic E-state index is -0.311. The van der Waals surface area contributed by atoms with E-state index in [0.717, 1.165) is 5.75 Å². The number of amides is 1. The van der Waals surface area contributed by atoms with Crippen LogP contribution in [0.25, 0.3) is 0 Å². The zero-order chi connectivity index (χ0) is 16.4. The Morgan fingerprint density at radius 1 is 1.18 bits per heavy atom. The fourth-order valence-corrected chi connectivity index (χ4v) is 1.59. The first-order valence-corrected chi connectivity index (χ1v) is 6.75. The summed E-state index contributed by atoms with van der Waals surface area (Å²) in [5.74, 6) is 0.606. The summed E-state index contributed by atoms with van der Waals surface area (Å²) in [6.07, 6.45) is 0.687. The molecule has 0 aliphatic carbocycles. The van der Waals surface area contributed by atoms with Gasteiger partial charge in [0.25, 0.3) is 0 Å². The normalized spacial score (nSPS) is 9.23. The molecule has 0 aliphatic heterocycles. The number of nitrogens with one attached hydrogen (secondary N) is 1. The summed E-state index contributed by atoms with van der Waals surface area (Å²) in [4.78, 5) is 21.4. The third-order valence-electron chi connectivity index (χ3n) is 2.80. The van der Waals surface area contributed by atoms with Crippen LogP contribution in [0.2, 0.25) is 0 Å². The number of aldehydes is 1. The molecule has 116 valence electrons. The molecule has 2 aromatic rings. The zero-order valence-electron chi connectivity index (χ0n) is 12.7. The van der Waals surface area contributed by atoms with Crippen LogP contribution in [-0.2, 0) is 4.79 Å². The number of ether oxygens (including phenoxy) is 1. The Balaban J connectivity index is 0.000000235. The van der Waals surface area contributed by atoms with Gasteiger partial charge in [-0.05, 0) is 31.2 Å². The van der Waals surface area contributed by atoms with E-state index in [1.807, 2.05) is 24.3 Å². The molecule has 0 bridgehead atoms. The highest BCUT2D eigenvalue weighted by Gasteiger charge is 2.02. The van der Waals surface area contributed by atoms with Crippen LogP contribution in [0.15, 0.2) is 48.5 Å². The molecule has 0 aliphatic rings. The monoisotopic (exact) mass is 300 g/mol. The summed E-state index contributed by atoms with van der Waals surface area (Å²) in [7, 11) is 1.67. The van der Waals surface area contributed by atoms with Crippen LogP contribution in [0.5, 0.6) is 5.75 Å². The minimum Gasteiger partial charge on any atom is -0.497 e. The molecular weight excluding hydrogens is 280 g/mol. The van der Waals surface area contributed by atoms with Crippen molar-refractivity contribution in [3.05, 3.63) is 59.7 Å². The Hall–Kier alpha value is -2.66. The van der Waals surface area contributed by atoms with E-state index in [0.29, 0.717) is 17.5 Å². The number of para-hydroxylation sites is 1. The van der Waals surface area contributed by atoms with Gasteiger partial charge in [0.15, 0.2) is 6.29 Å². The topological polar surface area (TPSA) is 81.4 Å². The second-order valence-electron chi connectivity index (χ2n) is 4.47. The number of hydrogen-bond donors (Lipinski definition) is 2. The maximum atomic E-state index is 10.9. The van der Waals surface area contributed by atoms with Crippen molar-refractivity contribution in [1.29, 1.82) is 0 Å². The van der Waals surface area contributed by atoms with E-state index in [1.165, 1.54) is 5.56 Å². The molecule has 0 saturated carbocycles. The number of anilines is 1. The van der Waals surface area contributed by atoms with Gasteiger partial charge in [0.05, 0.1) is 19.3 Å². The summed E-state index contributed by atoms with van der Waals surface area (Å²) < 4.78 is 4.97. The third kappa shape index (κ3) is 5.76. The van der Waals surface area contributed by atoms with Crippen LogP contribution in [0, 0.1) is 6.92 Å². The Bertz CT molecular complexity index is 610. The van der Waals surface area contributed by atoms with Crippen molar-refractivity contribution in [3.63, 3.8) is 0 Å². The van der Waals surface area contributed by atoms with E-state index < -0.39 is 0 Å². The quantitative estimate of drug-likeness (QED) is 0.850. The molecule has 3 N–H and O–H groups in total. The third-order valence-corrected chi connectivity index (χ3v) is 2.80. The van der Waals surface area contributed by atoms with E-state index in [-0.39, 0.29) is 12.5 Å². The predicted octanol–water partition coefficient (Wildman–Crippen LogP) is 2.40. The highest BCUT2D eigenvalue weighted by atomic mass is 16.5. The van der Waals surface area contributed by atoms with Crippen LogP contribution >= 0.6 is 0 Å². The lowest BCUT2D eigenvalue weighted by atomic mass is 10.2. The van der Waals surface area contributed by atoms with Crippen molar-refractivity contribution in [2.24, 2.45) is 5.73 Å². The first-order chi connectivity index (χ1) is 10.6. The number of benzene rings is 2. The van der Waals surface area contributed by atoms with Crippen molar-refractivity contribution in [3.8, 4) is 5.75 Å². The van der Waals surface area contributed by atoms with E-state index in [2.05, 4.69) is 12.2 Å². The van der Waals surface area contributed by atoms with E-state index in [9.17, 15) is 9.59 Å². The Morgan fingerprint density at radius 2 is 1.82 bits per heavy atom. The van der Waals surface area contributed by atoms with Gasteiger partial charge in [0, 0.05) is 5.56 Å². The number of carbonyl (C=O) groups is 2. The van der Waals surface area contributed by atoms with Crippen LogP contribution in [0.3, 0.4) is 0 Å². The van der Waals surface area contributed by atoms with E-state index >= 15 is 0 Å². The molecule has 0 radical (unpaired) electrons. The number of rotatable bonds is 4. The van der Waals surface area contributed by atoms with Crippen LogP contribution in [0.1, 0.15) is 15.9 Å². The molecule has 0 saturated heterocycles. The highest BCUT2D eigenvalue weighted by molar-refractivity contribution is 5.97. The second-order valence-corrected chi connectivity index (χ2v) is 4.47. The first-order valence-electron chi connectivity index (χ1n) is 6.75. The number of carbonyl (C=O) groups excluding carboxylic acids is 2. The number of hydrogen-bond acceptors (Lipinski definition) is 4. The van der Waals surface area contributed by atoms with E-state index in [1.54, 1.807) is 31.4 Å². The molecule has 5 heteroatoms. The van der Waals surface area contributed by atoms with Gasteiger partial charge < -0.3 is 15.8 Å². The molecule has 22 heavy (non-hydrogen) atoms. The molecular formula is C17H20N2O3. The summed E-state index contributed by atoms with van der Waals surface area (Å²) in [5, 5.41) is 2.52. The molecule has 0 heterocycles. The standard InChI is InChI=1S/C9H10N2O2.C8H10O/c10-5-9(13)11-8-4-2-1-3-7(8)6-12;1-7-3-5-8(9-2)6-4-7/h1-4,6H,5,10H2,(H,11,13);3-6H,1-2H3. The van der Waals surface area contributed by atoms with Crippen LogP contribution < -0.4 is 15.8 Å². The van der Waals surface area contributed by atoms with Gasteiger partial charge in [-0.25, -0.2) is 0 Å². The molecule has 0 aromatic heterocycles. The van der Waals surface area contributed by atoms with Gasteiger partial charge in [0.2, 0.25) is 5.91 Å². The van der Waals surface area contributed by atoms with Gasteiger partial charge in [-0.1, -0.05) is 29.8 Å². The molecule has 1 amide bonds. The summed E-state index contributed by atoms with van der Waals surface area (Å²) in [6.45, 7) is 1.96. The summed E-state index contributed by atoms with van der Waals surface area (Å²) >= 11 is 0. The lowest BCUT2D eigenvalue weighted by Crippen LogP contribution is -2.22. The summed E-state index contributed by atoms with van der Waals surface area (Å²) in [5.41, 5.74) is 7.31. The average Bonchev–Trinajstić information content (AvgIpc) is 2.56. The van der Waals surface area contributed by atoms with Crippen LogP contribution in [0.4, 0.5) is 5.69 Å². The maximum absolute atomic E-state index is 10.9.